The van der Waals surface area contributed by atoms with Crippen molar-refractivity contribution in [2.24, 2.45) is 0 Å². The molecular weight excluding hydrogens is 367 g/mol. The van der Waals surface area contributed by atoms with Gasteiger partial charge in [0.15, 0.2) is 0 Å². The predicted octanol–water partition coefficient (Wildman–Crippen LogP) is 4.99. The van der Waals surface area contributed by atoms with Crippen LogP contribution in [0.3, 0.4) is 0 Å². The molecule has 2 aromatic rings. The molecule has 0 atom stereocenters. The highest BCUT2D eigenvalue weighted by Gasteiger charge is 2.20. The van der Waals surface area contributed by atoms with Gasteiger partial charge in [0.05, 0.1) is 18.9 Å². The van der Waals surface area contributed by atoms with Crippen LogP contribution in [0.2, 0.25) is 10.0 Å². The molecule has 0 amide bonds. The molecule has 0 saturated heterocycles. The number of aromatic nitrogens is 2. The number of ether oxygens (including phenoxy) is 1. The number of nitrogens with zero attached hydrogens (tertiary/aromatic N) is 2. The third-order valence-corrected chi connectivity index (χ3v) is 4.94. The Morgan fingerprint density at radius 2 is 1.92 bits per heavy atom. The number of hydrogen-bond donors (Lipinski definition) is 1. The minimum atomic E-state index is 0.00644. The van der Waals surface area contributed by atoms with Crippen LogP contribution < -0.4 is 0 Å². The molecule has 1 N–H and O–H groups in total. The zero-order chi connectivity index (χ0) is 17.7. The molecule has 2 rings (SSSR count). The van der Waals surface area contributed by atoms with Gasteiger partial charge in [0.1, 0.15) is 17.5 Å². The lowest BCUT2D eigenvalue weighted by Gasteiger charge is -2.12. The van der Waals surface area contributed by atoms with Gasteiger partial charge < -0.3 is 14.4 Å². The van der Waals surface area contributed by atoms with Gasteiger partial charge in [-0.2, -0.15) is 0 Å². The van der Waals surface area contributed by atoms with Gasteiger partial charge in [-0.1, -0.05) is 48.8 Å². The average Bonchev–Trinajstić information content (AvgIpc) is 2.84. The maximum absolute atomic E-state index is 8.88. The number of aliphatic hydroxyl groups excluding tert-OH is 1. The SMILES string of the molecule is CCn1c(COCCO)nc(C(C)C)c1Sc1cc(Cl)cc(Cl)c1. The van der Waals surface area contributed by atoms with Crippen LogP contribution in [-0.4, -0.2) is 27.9 Å². The minimum Gasteiger partial charge on any atom is -0.394 e. The summed E-state index contributed by atoms with van der Waals surface area (Å²) in [6.07, 6.45) is 0. The fraction of sp³-hybridized carbons (Fsp3) is 0.471. The molecule has 0 fully saturated rings. The molecular formula is C17H22Cl2N2O2S. The molecule has 0 saturated carbocycles. The number of halogens is 2. The number of hydrogen-bond acceptors (Lipinski definition) is 4. The maximum Gasteiger partial charge on any atom is 0.136 e. The van der Waals surface area contributed by atoms with Crippen molar-refractivity contribution in [3.05, 3.63) is 39.8 Å². The Labute approximate surface area is 157 Å². The monoisotopic (exact) mass is 388 g/mol. The van der Waals surface area contributed by atoms with Crippen LogP contribution in [0.15, 0.2) is 28.1 Å². The highest BCUT2D eigenvalue weighted by atomic mass is 35.5. The molecule has 0 aliphatic carbocycles. The summed E-state index contributed by atoms with van der Waals surface area (Å²) in [7, 11) is 0. The van der Waals surface area contributed by atoms with E-state index >= 15 is 0 Å². The van der Waals surface area contributed by atoms with Crippen molar-refractivity contribution in [1.82, 2.24) is 9.55 Å². The topological polar surface area (TPSA) is 47.3 Å². The van der Waals surface area contributed by atoms with E-state index in [1.165, 1.54) is 0 Å². The fourth-order valence-corrected chi connectivity index (χ4v) is 4.33. The van der Waals surface area contributed by atoms with Crippen LogP contribution in [0.5, 0.6) is 0 Å². The summed E-state index contributed by atoms with van der Waals surface area (Å²) in [5.74, 6) is 1.15. The summed E-state index contributed by atoms with van der Waals surface area (Å²) in [5.41, 5.74) is 1.03. The fourth-order valence-electron chi connectivity index (χ4n) is 2.35. The van der Waals surface area contributed by atoms with Crippen LogP contribution in [0, 0.1) is 0 Å². The van der Waals surface area contributed by atoms with Gasteiger partial charge in [0.2, 0.25) is 0 Å². The number of aliphatic hydroxyl groups is 1. The number of rotatable bonds is 8. The van der Waals surface area contributed by atoms with Crippen LogP contribution in [0.25, 0.3) is 0 Å². The molecule has 24 heavy (non-hydrogen) atoms. The van der Waals surface area contributed by atoms with Crippen LogP contribution in [-0.2, 0) is 17.9 Å². The van der Waals surface area contributed by atoms with E-state index in [0.29, 0.717) is 23.3 Å². The first-order valence-electron chi connectivity index (χ1n) is 7.88. The zero-order valence-corrected chi connectivity index (χ0v) is 16.4. The van der Waals surface area contributed by atoms with E-state index < -0.39 is 0 Å². The Morgan fingerprint density at radius 1 is 1.25 bits per heavy atom. The van der Waals surface area contributed by atoms with E-state index in [2.05, 4.69) is 25.3 Å². The molecule has 7 heteroatoms. The quantitative estimate of drug-likeness (QED) is 0.646. The first kappa shape index (κ1) is 19.6. The largest absolute Gasteiger partial charge is 0.394 e. The standard InChI is InChI=1S/C17H22Cl2N2O2S/c1-4-21-15(10-23-6-5-22)20-16(11(2)3)17(21)24-14-8-12(18)7-13(19)9-14/h7-9,11,22H,4-6,10H2,1-3H3. The van der Waals surface area contributed by atoms with Crippen LogP contribution in [0.4, 0.5) is 0 Å². The smallest absolute Gasteiger partial charge is 0.136 e. The van der Waals surface area contributed by atoms with Crippen molar-refractivity contribution in [1.29, 1.82) is 0 Å². The van der Waals surface area contributed by atoms with Crippen LogP contribution in [0.1, 0.15) is 38.2 Å². The first-order valence-corrected chi connectivity index (χ1v) is 9.45. The number of imidazole rings is 1. The summed E-state index contributed by atoms with van der Waals surface area (Å²) < 4.78 is 7.61. The van der Waals surface area contributed by atoms with Gasteiger partial charge in [-0.15, -0.1) is 0 Å². The van der Waals surface area contributed by atoms with E-state index in [9.17, 15) is 0 Å². The van der Waals surface area contributed by atoms with Gasteiger partial charge in [0, 0.05) is 21.5 Å². The van der Waals surface area contributed by atoms with Crippen molar-refractivity contribution < 1.29 is 9.84 Å². The Morgan fingerprint density at radius 3 is 2.46 bits per heavy atom. The lowest BCUT2D eigenvalue weighted by atomic mass is 10.1. The summed E-state index contributed by atoms with van der Waals surface area (Å²) in [4.78, 5) is 5.74. The zero-order valence-electron chi connectivity index (χ0n) is 14.1. The van der Waals surface area contributed by atoms with E-state index in [0.717, 1.165) is 28.0 Å². The Bertz CT molecular complexity index is 669. The van der Waals surface area contributed by atoms with Gasteiger partial charge >= 0.3 is 0 Å². The second-order valence-electron chi connectivity index (χ2n) is 5.60. The van der Waals surface area contributed by atoms with E-state index in [1.807, 2.05) is 12.1 Å². The molecule has 0 bridgehead atoms. The maximum atomic E-state index is 8.88. The summed E-state index contributed by atoms with van der Waals surface area (Å²) in [6, 6.07) is 5.52. The van der Waals surface area contributed by atoms with Crippen molar-refractivity contribution in [3.8, 4) is 0 Å². The summed E-state index contributed by atoms with van der Waals surface area (Å²) in [6.45, 7) is 7.80. The molecule has 4 nitrogen and oxygen atoms in total. The van der Waals surface area contributed by atoms with Crippen LogP contribution >= 0.6 is 35.0 Å². The third-order valence-electron chi connectivity index (χ3n) is 3.41. The highest BCUT2D eigenvalue weighted by molar-refractivity contribution is 7.99. The molecule has 132 valence electrons. The lowest BCUT2D eigenvalue weighted by Crippen LogP contribution is -2.07. The second kappa shape index (κ2) is 9.11. The minimum absolute atomic E-state index is 0.00644. The summed E-state index contributed by atoms with van der Waals surface area (Å²) in [5, 5.41) is 11.2. The molecule has 1 heterocycles. The normalized spacial score (nSPS) is 11.5. The molecule has 0 spiro atoms. The van der Waals surface area contributed by atoms with Gasteiger partial charge in [-0.3, -0.25) is 0 Å². The predicted molar refractivity (Wildman–Crippen MR) is 99.3 cm³/mol. The molecule has 0 radical (unpaired) electrons. The Balaban J connectivity index is 2.38. The lowest BCUT2D eigenvalue weighted by molar-refractivity contribution is 0.0757. The molecule has 1 aromatic carbocycles. The first-order chi connectivity index (χ1) is 11.5. The molecule has 1 aromatic heterocycles. The summed E-state index contributed by atoms with van der Waals surface area (Å²) >= 11 is 13.8. The molecule has 0 unspecified atom stereocenters. The van der Waals surface area contributed by atoms with Gasteiger partial charge in [-0.25, -0.2) is 4.98 Å². The Hall–Kier alpha value is -0.720. The average molecular weight is 389 g/mol. The van der Waals surface area contributed by atoms with Crippen molar-refractivity contribution in [2.75, 3.05) is 13.2 Å². The number of benzene rings is 1. The molecule has 0 aliphatic rings. The second-order valence-corrected chi connectivity index (χ2v) is 7.54. The van der Waals surface area contributed by atoms with Gasteiger partial charge in [-0.05, 0) is 31.0 Å². The van der Waals surface area contributed by atoms with E-state index in [1.54, 1.807) is 17.8 Å². The van der Waals surface area contributed by atoms with E-state index in [4.69, 9.17) is 38.0 Å². The van der Waals surface area contributed by atoms with Crippen molar-refractivity contribution in [2.45, 2.75) is 49.8 Å². The highest BCUT2D eigenvalue weighted by Crippen LogP contribution is 2.37. The van der Waals surface area contributed by atoms with Gasteiger partial charge in [0.25, 0.3) is 0 Å². The molecule has 0 aliphatic heterocycles. The van der Waals surface area contributed by atoms with Crippen molar-refractivity contribution >= 4 is 35.0 Å². The Kier molecular flexibility index (Phi) is 7.44. The third kappa shape index (κ3) is 4.90. The van der Waals surface area contributed by atoms with Crippen molar-refractivity contribution in [3.63, 3.8) is 0 Å². The van der Waals surface area contributed by atoms with E-state index in [-0.39, 0.29) is 12.5 Å².